The molecular formula is C30H25NO2. The minimum absolute atomic E-state index is 0.0576. The monoisotopic (exact) mass is 431 g/mol. The third-order valence-electron chi connectivity index (χ3n) is 8.77. The third kappa shape index (κ3) is 1.74. The minimum Gasteiger partial charge on any atom is -0.278 e. The molecule has 3 heteroatoms. The predicted molar refractivity (Wildman–Crippen MR) is 127 cm³/mol. The zero-order valence-corrected chi connectivity index (χ0v) is 19.0. The number of amides is 2. The van der Waals surface area contributed by atoms with Gasteiger partial charge in [0.25, 0.3) is 0 Å². The fraction of sp³-hybridized carbons (Fsp3) is 0.267. The van der Waals surface area contributed by atoms with Gasteiger partial charge in [-0.25, -0.2) is 0 Å². The lowest BCUT2D eigenvalue weighted by molar-refractivity contribution is -0.142. The molecule has 2 spiro atoms. The van der Waals surface area contributed by atoms with Crippen LogP contribution in [0.15, 0.2) is 84.9 Å². The summed E-state index contributed by atoms with van der Waals surface area (Å²) < 4.78 is 0. The number of carbonyl (C=O) groups is 2. The van der Waals surface area contributed by atoms with Gasteiger partial charge in [0.05, 0.1) is 0 Å². The van der Waals surface area contributed by atoms with Crippen molar-refractivity contribution in [1.29, 1.82) is 0 Å². The normalized spacial score (nSPS) is 32.4. The molecule has 3 aromatic carbocycles. The predicted octanol–water partition coefficient (Wildman–Crippen LogP) is 4.97. The number of carbonyl (C=O) groups excluding carboxylic acids is 2. The van der Waals surface area contributed by atoms with Gasteiger partial charge in [-0.05, 0) is 47.2 Å². The molecule has 2 amide bonds. The van der Waals surface area contributed by atoms with Gasteiger partial charge in [0.1, 0.15) is 10.8 Å². The topological polar surface area (TPSA) is 37.4 Å². The van der Waals surface area contributed by atoms with Gasteiger partial charge in [-0.1, -0.05) is 91.9 Å². The van der Waals surface area contributed by atoms with E-state index in [1.165, 1.54) is 4.90 Å². The molecule has 0 N–H and O–H groups in total. The molecule has 2 atom stereocenters. The van der Waals surface area contributed by atoms with E-state index in [1.54, 1.807) is 0 Å². The Bertz CT molecular complexity index is 1380. The molecule has 4 aliphatic carbocycles. The summed E-state index contributed by atoms with van der Waals surface area (Å²) in [6.45, 7) is 6.16. The maximum Gasteiger partial charge on any atom is 0.246 e. The first-order valence-corrected chi connectivity index (χ1v) is 11.8. The number of imide groups is 1. The molecular weight excluding hydrogens is 406 g/mol. The highest BCUT2D eigenvalue weighted by atomic mass is 16.2. The van der Waals surface area contributed by atoms with Gasteiger partial charge < -0.3 is 0 Å². The summed E-state index contributed by atoms with van der Waals surface area (Å²) in [5.41, 5.74) is 3.86. The van der Waals surface area contributed by atoms with Crippen molar-refractivity contribution in [3.63, 3.8) is 0 Å². The molecule has 0 saturated carbocycles. The van der Waals surface area contributed by atoms with Crippen LogP contribution in [-0.2, 0) is 25.8 Å². The van der Waals surface area contributed by atoms with Crippen LogP contribution in [0.5, 0.6) is 0 Å². The SMILES string of the molecule is CC(C)N1C(=O)C23c4ccccc4C(c4ccccc42)[C@]2(C)C=C[C@@]3(C1=O)c1ccccc12. The maximum atomic E-state index is 14.7. The van der Waals surface area contributed by atoms with Crippen LogP contribution in [0, 0.1) is 0 Å². The largest absolute Gasteiger partial charge is 0.278 e. The van der Waals surface area contributed by atoms with Crippen LogP contribution in [0.4, 0.5) is 0 Å². The van der Waals surface area contributed by atoms with Crippen LogP contribution in [0.1, 0.15) is 60.1 Å². The second kappa shape index (κ2) is 5.72. The Morgan fingerprint density at radius 3 is 1.79 bits per heavy atom. The van der Waals surface area contributed by atoms with Gasteiger partial charge >= 0.3 is 0 Å². The summed E-state index contributed by atoms with van der Waals surface area (Å²) in [6.07, 6.45) is 4.33. The summed E-state index contributed by atoms with van der Waals surface area (Å²) in [5.74, 6) is -0.161. The maximum absolute atomic E-state index is 14.7. The van der Waals surface area contributed by atoms with Crippen LogP contribution in [0.25, 0.3) is 0 Å². The van der Waals surface area contributed by atoms with E-state index in [1.807, 2.05) is 32.0 Å². The lowest BCUT2D eigenvalue weighted by Crippen LogP contribution is -2.60. The molecule has 5 aliphatic rings. The Hall–Kier alpha value is -3.46. The number of allylic oxidation sites excluding steroid dienone is 1. The van der Waals surface area contributed by atoms with Crippen LogP contribution in [-0.4, -0.2) is 22.8 Å². The Balaban J connectivity index is 1.80. The molecule has 1 aliphatic heterocycles. The Morgan fingerprint density at radius 2 is 1.21 bits per heavy atom. The van der Waals surface area contributed by atoms with E-state index >= 15 is 0 Å². The van der Waals surface area contributed by atoms with Crippen LogP contribution in [0.2, 0.25) is 0 Å². The smallest absolute Gasteiger partial charge is 0.246 e. The van der Waals surface area contributed by atoms with Crippen molar-refractivity contribution in [3.05, 3.63) is 118 Å². The van der Waals surface area contributed by atoms with Crippen molar-refractivity contribution in [2.24, 2.45) is 0 Å². The average Bonchev–Trinajstić information content (AvgIpc) is 2.99. The second-order valence-corrected chi connectivity index (χ2v) is 10.4. The van der Waals surface area contributed by atoms with Gasteiger partial charge in [-0.15, -0.1) is 0 Å². The molecule has 3 aromatic rings. The number of nitrogens with zero attached hydrogens (tertiary/aromatic N) is 1. The number of benzene rings is 3. The molecule has 162 valence electrons. The van der Waals surface area contributed by atoms with Crippen LogP contribution < -0.4 is 0 Å². The van der Waals surface area contributed by atoms with E-state index < -0.39 is 10.8 Å². The summed E-state index contributed by atoms with van der Waals surface area (Å²) in [7, 11) is 0. The van der Waals surface area contributed by atoms with E-state index in [9.17, 15) is 9.59 Å². The molecule has 0 radical (unpaired) electrons. The van der Waals surface area contributed by atoms with Crippen molar-refractivity contribution < 1.29 is 9.59 Å². The number of hydrogen-bond acceptors (Lipinski definition) is 2. The first-order valence-electron chi connectivity index (χ1n) is 11.8. The molecule has 4 bridgehead atoms. The van der Waals surface area contributed by atoms with Crippen molar-refractivity contribution in [3.8, 4) is 0 Å². The van der Waals surface area contributed by atoms with E-state index in [4.69, 9.17) is 0 Å². The lowest BCUT2D eigenvalue weighted by Gasteiger charge is -2.57. The van der Waals surface area contributed by atoms with E-state index in [0.717, 1.165) is 33.4 Å². The molecule has 0 unspecified atom stereocenters. The quantitative estimate of drug-likeness (QED) is 0.403. The Kier molecular flexibility index (Phi) is 3.30. The van der Waals surface area contributed by atoms with Gasteiger partial charge in [0, 0.05) is 17.4 Å². The summed E-state index contributed by atoms with van der Waals surface area (Å²) in [6, 6.07) is 24.8. The summed E-state index contributed by atoms with van der Waals surface area (Å²) >= 11 is 0. The summed E-state index contributed by atoms with van der Waals surface area (Å²) in [4.78, 5) is 30.8. The molecule has 1 saturated heterocycles. The van der Waals surface area contributed by atoms with Gasteiger partial charge in [0.2, 0.25) is 11.8 Å². The van der Waals surface area contributed by atoms with Gasteiger partial charge in [-0.2, -0.15) is 0 Å². The zero-order valence-electron chi connectivity index (χ0n) is 19.0. The molecule has 8 rings (SSSR count). The van der Waals surface area contributed by atoms with Crippen LogP contribution >= 0.6 is 0 Å². The molecule has 3 nitrogen and oxygen atoms in total. The van der Waals surface area contributed by atoms with Gasteiger partial charge in [-0.3, -0.25) is 14.5 Å². The number of likely N-dealkylation sites (tertiary alicyclic amines) is 1. The highest BCUT2D eigenvalue weighted by molar-refractivity contribution is 6.20. The van der Waals surface area contributed by atoms with E-state index in [0.29, 0.717) is 0 Å². The fourth-order valence-corrected chi connectivity index (χ4v) is 7.60. The fourth-order valence-electron chi connectivity index (χ4n) is 7.60. The first kappa shape index (κ1) is 19.0. The number of rotatable bonds is 1. The zero-order chi connectivity index (χ0) is 22.8. The highest BCUT2D eigenvalue weighted by Crippen LogP contribution is 2.69. The minimum atomic E-state index is -1.12. The molecule has 1 heterocycles. The van der Waals surface area contributed by atoms with E-state index in [2.05, 4.69) is 73.7 Å². The molecule has 0 aromatic heterocycles. The van der Waals surface area contributed by atoms with Crippen molar-refractivity contribution in [1.82, 2.24) is 4.90 Å². The van der Waals surface area contributed by atoms with Crippen molar-refractivity contribution in [2.75, 3.05) is 0 Å². The van der Waals surface area contributed by atoms with Crippen molar-refractivity contribution in [2.45, 2.75) is 49.0 Å². The Labute approximate surface area is 193 Å². The first-order chi connectivity index (χ1) is 15.9. The standard InChI is InChI=1S/C30H25NO2/c1-18(2)31-26(32)29-17-16-28(3,23-14-8-9-15-24(23)29)25-19-10-4-6-12-21(19)30(29,27(31)33)22-13-7-5-11-20(22)25/h4-18,25H,1-3H3/t25?,28-,29+,30?/m1/s1. The third-order valence-corrected chi connectivity index (χ3v) is 8.77. The number of hydrogen-bond donors (Lipinski definition) is 0. The lowest BCUT2D eigenvalue weighted by atomic mass is 9.42. The average molecular weight is 432 g/mol. The van der Waals surface area contributed by atoms with Crippen molar-refractivity contribution >= 4 is 11.8 Å². The Morgan fingerprint density at radius 1 is 0.697 bits per heavy atom. The van der Waals surface area contributed by atoms with Crippen LogP contribution in [0.3, 0.4) is 0 Å². The van der Waals surface area contributed by atoms with E-state index in [-0.39, 0.29) is 29.2 Å². The van der Waals surface area contributed by atoms with Gasteiger partial charge in [0.15, 0.2) is 0 Å². The second-order valence-electron chi connectivity index (χ2n) is 10.4. The molecule has 1 fully saturated rings. The summed E-state index contributed by atoms with van der Waals surface area (Å²) in [5, 5.41) is 0. The highest BCUT2D eigenvalue weighted by Gasteiger charge is 2.76. The molecule has 33 heavy (non-hydrogen) atoms.